The average Bonchev–Trinajstić information content (AvgIpc) is 3.32. The zero-order valence-electron chi connectivity index (χ0n) is 14.3. The Bertz CT molecular complexity index is 803. The van der Waals surface area contributed by atoms with Gasteiger partial charge in [0.05, 0.1) is 18.5 Å². The van der Waals surface area contributed by atoms with Gasteiger partial charge in [0.15, 0.2) is 23.4 Å². The number of nitrogens with one attached hydrogen (secondary N) is 1. The Labute approximate surface area is 146 Å². The summed E-state index contributed by atoms with van der Waals surface area (Å²) in [4.78, 5) is 14.2. The highest BCUT2D eigenvalue weighted by atomic mass is 16.5. The van der Waals surface area contributed by atoms with Crippen molar-refractivity contribution < 1.29 is 24.6 Å². The van der Waals surface area contributed by atoms with Crippen molar-refractivity contribution in [3.63, 3.8) is 0 Å². The van der Waals surface area contributed by atoms with Gasteiger partial charge in [0.1, 0.15) is 11.6 Å². The number of hydrogen-bond donors (Lipinski definition) is 3. The first-order valence-electron chi connectivity index (χ1n) is 9.66. The zero-order valence-corrected chi connectivity index (χ0v) is 14.3. The van der Waals surface area contributed by atoms with Crippen LogP contribution < -0.4 is 9.64 Å². The number of piperidine rings is 1. The molecule has 3 aliphatic carbocycles. The summed E-state index contributed by atoms with van der Waals surface area (Å²) in [6.45, 7) is 2.12. The second kappa shape index (κ2) is 4.38. The van der Waals surface area contributed by atoms with Crippen LogP contribution >= 0.6 is 0 Å². The van der Waals surface area contributed by atoms with E-state index in [0.717, 1.165) is 43.0 Å². The van der Waals surface area contributed by atoms with Crippen LogP contribution in [0.15, 0.2) is 12.1 Å². The molecule has 3 N–H and O–H groups in total. The summed E-state index contributed by atoms with van der Waals surface area (Å²) in [7, 11) is 0. The molecule has 1 spiro atoms. The van der Waals surface area contributed by atoms with E-state index in [4.69, 9.17) is 4.74 Å². The minimum atomic E-state index is -0.903. The molecule has 5 heteroatoms. The van der Waals surface area contributed by atoms with Crippen LogP contribution in [0.2, 0.25) is 0 Å². The standard InChI is InChI=1S/C20H23NO4/c22-13-4-3-12-9-15-20(24)6-5-14(23)18-19(20,16(12)17(13)25-18)7-8-21(15)10-11-1-2-11/h3-4,11,15,18,22,24H,1-2,5-10H2/p+1/t15-,18?,19+,20-/m1/s1. The molecule has 2 bridgehead atoms. The maximum atomic E-state index is 12.7. The smallest absolute Gasteiger partial charge is 0.174 e. The lowest BCUT2D eigenvalue weighted by Crippen LogP contribution is -3.21. The van der Waals surface area contributed by atoms with Gasteiger partial charge in [-0.1, -0.05) is 6.07 Å². The number of rotatable bonds is 2. The predicted molar refractivity (Wildman–Crippen MR) is 88.9 cm³/mol. The maximum Gasteiger partial charge on any atom is 0.174 e. The van der Waals surface area contributed by atoms with Crippen LogP contribution in [0.25, 0.3) is 0 Å². The summed E-state index contributed by atoms with van der Waals surface area (Å²) >= 11 is 0. The molecule has 1 aromatic rings. The third-order valence-electron chi connectivity index (χ3n) is 7.75. The van der Waals surface area contributed by atoms with Crippen molar-refractivity contribution in [2.45, 2.75) is 61.7 Å². The molecular formula is C20H24NO4+. The number of aliphatic hydroxyl groups is 1. The van der Waals surface area contributed by atoms with Crippen LogP contribution in [0.5, 0.6) is 11.5 Å². The normalized spacial score (nSPS) is 43.6. The number of phenols is 1. The van der Waals surface area contributed by atoms with Crippen LogP contribution in [-0.4, -0.2) is 46.8 Å². The minimum absolute atomic E-state index is 0.0810. The number of likely N-dealkylation sites (tertiary alicyclic amines) is 1. The van der Waals surface area contributed by atoms with E-state index in [1.165, 1.54) is 17.7 Å². The molecule has 2 saturated carbocycles. The van der Waals surface area contributed by atoms with Crippen LogP contribution in [-0.2, 0) is 16.6 Å². The minimum Gasteiger partial charge on any atom is -0.504 e. The number of carbonyl (C=O) groups excluding carboxylic acids is 1. The van der Waals surface area contributed by atoms with E-state index in [1.807, 2.05) is 6.07 Å². The Hall–Kier alpha value is -1.59. The summed E-state index contributed by atoms with van der Waals surface area (Å²) < 4.78 is 6.05. The summed E-state index contributed by atoms with van der Waals surface area (Å²) in [6, 6.07) is 3.80. The van der Waals surface area contributed by atoms with Gasteiger partial charge in [-0.15, -0.1) is 0 Å². The molecule has 5 atom stereocenters. The number of benzene rings is 1. The van der Waals surface area contributed by atoms with Crippen LogP contribution in [0.3, 0.4) is 0 Å². The topological polar surface area (TPSA) is 71.2 Å². The van der Waals surface area contributed by atoms with Crippen molar-refractivity contribution in [3.8, 4) is 11.5 Å². The number of ether oxygens (including phenoxy) is 1. The molecule has 6 rings (SSSR count). The summed E-state index contributed by atoms with van der Waals surface area (Å²) in [5, 5.41) is 22.3. The Kier molecular flexibility index (Phi) is 2.55. The largest absolute Gasteiger partial charge is 0.504 e. The number of carbonyl (C=O) groups is 1. The Morgan fingerprint density at radius 1 is 1.28 bits per heavy atom. The highest BCUT2D eigenvalue weighted by molar-refractivity contribution is 5.89. The van der Waals surface area contributed by atoms with Gasteiger partial charge in [0, 0.05) is 30.7 Å². The number of hydrogen-bond acceptors (Lipinski definition) is 4. The van der Waals surface area contributed by atoms with E-state index < -0.39 is 17.1 Å². The van der Waals surface area contributed by atoms with Crippen molar-refractivity contribution in [3.05, 3.63) is 23.3 Å². The predicted octanol–water partition coefficient (Wildman–Crippen LogP) is 0.108. The fourth-order valence-electron chi connectivity index (χ4n) is 6.49. The van der Waals surface area contributed by atoms with Gasteiger partial charge < -0.3 is 19.8 Å². The molecule has 3 fully saturated rings. The lowest BCUT2D eigenvalue weighted by Gasteiger charge is -2.60. The SMILES string of the molecule is O=C1CC[C@@]2(O)[C@H]3Cc4ccc(O)c5c4[C@@]2(CC[NH+]3CC2CC2)C1O5. The molecule has 132 valence electrons. The van der Waals surface area contributed by atoms with E-state index in [2.05, 4.69) is 0 Å². The van der Waals surface area contributed by atoms with E-state index in [9.17, 15) is 15.0 Å². The second-order valence-corrected chi connectivity index (χ2v) is 8.87. The molecule has 2 heterocycles. The number of aromatic hydroxyl groups is 1. The molecule has 1 aromatic carbocycles. The summed E-state index contributed by atoms with van der Waals surface area (Å²) in [6.07, 6.45) is 4.49. The molecule has 5 nitrogen and oxygen atoms in total. The van der Waals surface area contributed by atoms with Crippen molar-refractivity contribution >= 4 is 5.78 Å². The molecule has 0 aromatic heterocycles. The number of Topliss-reactive ketones (excluding diaryl/α,β-unsaturated/α-hetero) is 1. The summed E-state index contributed by atoms with van der Waals surface area (Å²) in [5.41, 5.74) is 0.546. The van der Waals surface area contributed by atoms with Gasteiger partial charge in [0.2, 0.25) is 0 Å². The van der Waals surface area contributed by atoms with Crippen molar-refractivity contribution in [2.24, 2.45) is 5.92 Å². The lowest BCUT2D eigenvalue weighted by atomic mass is 9.49. The van der Waals surface area contributed by atoms with Gasteiger partial charge >= 0.3 is 0 Å². The van der Waals surface area contributed by atoms with E-state index >= 15 is 0 Å². The quantitative estimate of drug-likeness (QED) is 0.713. The van der Waals surface area contributed by atoms with E-state index in [-0.39, 0.29) is 17.6 Å². The third-order valence-corrected chi connectivity index (χ3v) is 7.75. The Balaban J connectivity index is 1.58. The van der Waals surface area contributed by atoms with Gasteiger partial charge in [-0.05, 0) is 30.9 Å². The first-order chi connectivity index (χ1) is 12.0. The zero-order chi connectivity index (χ0) is 17.0. The van der Waals surface area contributed by atoms with E-state index in [1.54, 1.807) is 6.07 Å². The van der Waals surface area contributed by atoms with Crippen molar-refractivity contribution in [1.82, 2.24) is 0 Å². The second-order valence-electron chi connectivity index (χ2n) is 8.87. The summed E-state index contributed by atoms with van der Waals surface area (Å²) in [5.74, 6) is 1.45. The lowest BCUT2D eigenvalue weighted by molar-refractivity contribution is -0.943. The number of ketones is 1. The number of phenolic OH excluding ortho intramolecular Hbond substituents is 1. The Morgan fingerprint density at radius 2 is 2.12 bits per heavy atom. The molecule has 25 heavy (non-hydrogen) atoms. The van der Waals surface area contributed by atoms with Crippen LogP contribution in [0.1, 0.15) is 43.2 Å². The molecular weight excluding hydrogens is 318 g/mol. The molecule has 0 radical (unpaired) electrons. The first kappa shape index (κ1) is 14.6. The number of quaternary nitrogens is 1. The van der Waals surface area contributed by atoms with Gasteiger partial charge in [-0.25, -0.2) is 0 Å². The van der Waals surface area contributed by atoms with Gasteiger partial charge in [-0.3, -0.25) is 4.79 Å². The molecule has 0 amide bonds. The van der Waals surface area contributed by atoms with Crippen LogP contribution in [0.4, 0.5) is 0 Å². The van der Waals surface area contributed by atoms with Crippen molar-refractivity contribution in [2.75, 3.05) is 13.1 Å². The van der Waals surface area contributed by atoms with Crippen LogP contribution in [0, 0.1) is 5.92 Å². The Morgan fingerprint density at radius 3 is 2.92 bits per heavy atom. The molecule has 2 unspecified atom stereocenters. The van der Waals surface area contributed by atoms with Gasteiger partial charge in [-0.2, -0.15) is 0 Å². The van der Waals surface area contributed by atoms with E-state index in [0.29, 0.717) is 18.6 Å². The highest BCUT2D eigenvalue weighted by Crippen LogP contribution is 2.62. The monoisotopic (exact) mass is 342 g/mol. The molecule has 1 saturated heterocycles. The van der Waals surface area contributed by atoms with Gasteiger partial charge in [0.25, 0.3) is 0 Å². The fourth-order valence-corrected chi connectivity index (χ4v) is 6.49. The fraction of sp³-hybridized carbons (Fsp3) is 0.650. The third kappa shape index (κ3) is 1.56. The average molecular weight is 342 g/mol. The molecule has 5 aliphatic rings. The van der Waals surface area contributed by atoms with Crippen molar-refractivity contribution in [1.29, 1.82) is 0 Å². The maximum absolute atomic E-state index is 12.7. The molecule has 2 aliphatic heterocycles. The highest BCUT2D eigenvalue weighted by Gasteiger charge is 2.75. The first-order valence-corrected chi connectivity index (χ1v) is 9.66.